The van der Waals surface area contributed by atoms with E-state index in [4.69, 9.17) is 4.74 Å². The third-order valence-electron chi connectivity index (χ3n) is 7.78. The van der Waals surface area contributed by atoms with Gasteiger partial charge in [0.15, 0.2) is 6.61 Å². The third kappa shape index (κ3) is 9.57. The molecule has 0 aromatic heterocycles. The normalized spacial score (nSPS) is 10.9. The van der Waals surface area contributed by atoms with Crippen LogP contribution in [-0.2, 0) is 11.2 Å². The molecule has 0 aliphatic carbocycles. The van der Waals surface area contributed by atoms with Gasteiger partial charge in [-0.2, -0.15) is 0 Å². The quantitative estimate of drug-likeness (QED) is 0.135. The number of carbonyl (C=O) groups is 2. The minimum absolute atomic E-state index is 0.145. The van der Waals surface area contributed by atoms with Crippen molar-refractivity contribution in [2.45, 2.75) is 72.6 Å². The maximum absolute atomic E-state index is 13.5. The van der Waals surface area contributed by atoms with Gasteiger partial charge >= 0.3 is 5.97 Å². The molecule has 1 amide bonds. The molecule has 0 atom stereocenters. The standard InChI is InChI=1S/C39H45NO4/c1-27-18-28(2)21-32(20-27)35-24-34(25-36(38(35)44-26-37(41)42)33-22-29(3)19-30(4)23-33)39(43)40-17-13-8-6-5-7-10-14-31-15-11-9-12-16-31/h9,11-12,15-16,18-25H,5-8,10,13-14,17,26H2,1-4H3,(H,40,43)(H,41,42). The van der Waals surface area contributed by atoms with Gasteiger partial charge in [-0.3, -0.25) is 4.79 Å². The molecule has 0 aliphatic rings. The second-order valence-electron chi connectivity index (χ2n) is 11.9. The molecule has 0 radical (unpaired) electrons. The number of amides is 1. The Morgan fingerprint density at radius 3 is 1.68 bits per heavy atom. The summed E-state index contributed by atoms with van der Waals surface area (Å²) >= 11 is 0. The SMILES string of the molecule is Cc1cc(C)cc(-c2cc(C(=O)NCCCCCCCCc3ccccc3)cc(-c3cc(C)cc(C)c3)c2OCC(=O)O)c1. The van der Waals surface area contributed by atoms with E-state index in [1.165, 1.54) is 24.8 Å². The van der Waals surface area contributed by atoms with Crippen molar-refractivity contribution in [1.29, 1.82) is 0 Å². The van der Waals surface area contributed by atoms with E-state index in [9.17, 15) is 14.7 Å². The smallest absolute Gasteiger partial charge is 0.341 e. The van der Waals surface area contributed by atoms with Crippen molar-refractivity contribution < 1.29 is 19.4 Å². The Kier molecular flexibility index (Phi) is 11.8. The maximum atomic E-state index is 13.5. The van der Waals surface area contributed by atoms with Crippen LogP contribution in [0.2, 0.25) is 0 Å². The summed E-state index contributed by atoms with van der Waals surface area (Å²) in [6.45, 7) is 8.24. The molecule has 44 heavy (non-hydrogen) atoms. The van der Waals surface area contributed by atoms with Gasteiger partial charge in [-0.25, -0.2) is 4.79 Å². The molecule has 0 unspecified atom stereocenters. The fraction of sp³-hybridized carbons (Fsp3) is 0.333. The number of carbonyl (C=O) groups excluding carboxylic acids is 1. The summed E-state index contributed by atoms with van der Waals surface area (Å²) in [4.78, 5) is 25.1. The minimum atomic E-state index is -1.05. The maximum Gasteiger partial charge on any atom is 0.341 e. The molecule has 5 nitrogen and oxygen atoms in total. The summed E-state index contributed by atoms with van der Waals surface area (Å²) in [6.07, 6.45) is 7.93. The van der Waals surface area contributed by atoms with E-state index >= 15 is 0 Å². The summed E-state index contributed by atoms with van der Waals surface area (Å²) in [7, 11) is 0. The Hall–Kier alpha value is -4.38. The zero-order valence-corrected chi connectivity index (χ0v) is 26.5. The molecule has 0 saturated carbocycles. The van der Waals surface area contributed by atoms with Crippen LogP contribution in [0.5, 0.6) is 5.75 Å². The van der Waals surface area contributed by atoms with Crippen LogP contribution in [0.15, 0.2) is 78.9 Å². The fourth-order valence-corrected chi connectivity index (χ4v) is 5.85. The van der Waals surface area contributed by atoms with Crippen molar-refractivity contribution in [3.05, 3.63) is 112 Å². The summed E-state index contributed by atoms with van der Waals surface area (Å²) < 4.78 is 5.98. The number of ether oxygens (including phenoxy) is 1. The van der Waals surface area contributed by atoms with Gasteiger partial charge in [0.1, 0.15) is 5.75 Å². The molecule has 4 aromatic carbocycles. The second-order valence-corrected chi connectivity index (χ2v) is 11.9. The molecule has 0 aliphatic heterocycles. The largest absolute Gasteiger partial charge is 0.481 e. The third-order valence-corrected chi connectivity index (χ3v) is 7.78. The van der Waals surface area contributed by atoms with E-state index in [2.05, 4.69) is 47.8 Å². The van der Waals surface area contributed by atoms with Crippen LogP contribution in [0, 0.1) is 27.7 Å². The number of carboxylic acid groups (broad SMARTS) is 1. The first-order chi connectivity index (χ1) is 21.2. The van der Waals surface area contributed by atoms with Gasteiger partial charge in [0.05, 0.1) is 0 Å². The van der Waals surface area contributed by atoms with Crippen LogP contribution >= 0.6 is 0 Å². The first kappa shape index (κ1) is 32.5. The van der Waals surface area contributed by atoms with E-state index in [-0.39, 0.29) is 5.91 Å². The van der Waals surface area contributed by atoms with Gasteiger partial charge < -0.3 is 15.2 Å². The molecular formula is C39H45NO4. The zero-order valence-electron chi connectivity index (χ0n) is 26.5. The predicted molar refractivity (Wildman–Crippen MR) is 180 cm³/mol. The van der Waals surface area contributed by atoms with Crippen LogP contribution in [0.1, 0.15) is 76.7 Å². The Balaban J connectivity index is 1.50. The molecule has 0 heterocycles. The van der Waals surface area contributed by atoms with E-state index < -0.39 is 12.6 Å². The van der Waals surface area contributed by atoms with E-state index in [1.54, 1.807) is 0 Å². The lowest BCUT2D eigenvalue weighted by atomic mass is 9.91. The van der Waals surface area contributed by atoms with Crippen molar-refractivity contribution in [2.24, 2.45) is 0 Å². The number of aliphatic carboxylic acids is 1. The molecule has 4 rings (SSSR count). The summed E-state index contributed by atoms with van der Waals surface area (Å²) in [6, 6.07) is 26.7. The monoisotopic (exact) mass is 591 g/mol. The highest BCUT2D eigenvalue weighted by atomic mass is 16.5. The Morgan fingerprint density at radius 2 is 1.16 bits per heavy atom. The lowest BCUT2D eigenvalue weighted by Crippen LogP contribution is -2.24. The van der Waals surface area contributed by atoms with Crippen molar-refractivity contribution >= 4 is 11.9 Å². The van der Waals surface area contributed by atoms with Crippen molar-refractivity contribution in [3.63, 3.8) is 0 Å². The van der Waals surface area contributed by atoms with Gasteiger partial charge in [0.25, 0.3) is 5.91 Å². The van der Waals surface area contributed by atoms with Crippen LogP contribution in [0.4, 0.5) is 0 Å². The molecule has 0 bridgehead atoms. The molecule has 230 valence electrons. The molecule has 5 heteroatoms. The van der Waals surface area contributed by atoms with E-state index in [1.807, 2.05) is 64.1 Å². The molecule has 0 saturated heterocycles. The highest BCUT2D eigenvalue weighted by molar-refractivity contribution is 5.99. The minimum Gasteiger partial charge on any atom is -0.481 e. The predicted octanol–water partition coefficient (Wildman–Crippen LogP) is 9.03. The number of unbranched alkanes of at least 4 members (excludes halogenated alkanes) is 5. The summed E-state index contributed by atoms with van der Waals surface area (Å²) in [5.74, 6) is -0.735. The summed E-state index contributed by atoms with van der Waals surface area (Å²) in [5, 5.41) is 12.6. The number of rotatable bonds is 15. The Bertz CT molecular complexity index is 1460. The zero-order chi connectivity index (χ0) is 31.5. The lowest BCUT2D eigenvalue weighted by Gasteiger charge is -2.19. The van der Waals surface area contributed by atoms with Gasteiger partial charge in [-0.15, -0.1) is 0 Å². The van der Waals surface area contributed by atoms with Gasteiger partial charge in [0, 0.05) is 23.2 Å². The van der Waals surface area contributed by atoms with Crippen LogP contribution < -0.4 is 10.1 Å². The topological polar surface area (TPSA) is 75.6 Å². The van der Waals surface area contributed by atoms with Crippen LogP contribution in [0.25, 0.3) is 22.3 Å². The van der Waals surface area contributed by atoms with Crippen LogP contribution in [0.3, 0.4) is 0 Å². The number of aryl methyl sites for hydroxylation is 5. The van der Waals surface area contributed by atoms with Gasteiger partial charge in [-0.05, 0) is 75.8 Å². The highest BCUT2D eigenvalue weighted by Crippen LogP contribution is 2.41. The average molecular weight is 592 g/mol. The van der Waals surface area contributed by atoms with E-state index in [0.717, 1.165) is 59.1 Å². The second kappa shape index (κ2) is 15.9. The van der Waals surface area contributed by atoms with Gasteiger partial charge in [-0.1, -0.05) is 115 Å². The van der Waals surface area contributed by atoms with Crippen molar-refractivity contribution in [2.75, 3.05) is 13.2 Å². The van der Waals surface area contributed by atoms with Gasteiger partial charge in [0.2, 0.25) is 0 Å². The fourth-order valence-electron chi connectivity index (χ4n) is 5.85. The molecule has 0 spiro atoms. The molecular weight excluding hydrogens is 546 g/mol. The summed E-state index contributed by atoms with van der Waals surface area (Å²) in [5.41, 5.74) is 9.41. The number of benzene rings is 4. The van der Waals surface area contributed by atoms with Crippen molar-refractivity contribution in [1.82, 2.24) is 5.32 Å². The number of hydrogen-bond acceptors (Lipinski definition) is 3. The van der Waals surface area contributed by atoms with Crippen molar-refractivity contribution in [3.8, 4) is 28.0 Å². The number of nitrogens with one attached hydrogen (secondary N) is 1. The van der Waals surface area contributed by atoms with Crippen LogP contribution in [-0.4, -0.2) is 30.1 Å². The van der Waals surface area contributed by atoms with E-state index in [0.29, 0.717) is 29.0 Å². The molecule has 2 N–H and O–H groups in total. The lowest BCUT2D eigenvalue weighted by molar-refractivity contribution is -0.139. The number of carboxylic acids is 1. The first-order valence-electron chi connectivity index (χ1n) is 15.7. The number of hydrogen-bond donors (Lipinski definition) is 2. The Labute approximate surface area is 262 Å². The Morgan fingerprint density at radius 1 is 0.659 bits per heavy atom. The molecule has 4 aromatic rings. The first-order valence-corrected chi connectivity index (χ1v) is 15.7. The average Bonchev–Trinajstić information content (AvgIpc) is 2.98. The highest BCUT2D eigenvalue weighted by Gasteiger charge is 2.20. The molecule has 0 fully saturated rings.